The third kappa shape index (κ3) is 9.86. The summed E-state index contributed by atoms with van der Waals surface area (Å²) in [5.74, 6) is -2.21. The van der Waals surface area contributed by atoms with Crippen LogP contribution in [0.15, 0.2) is 60.7 Å². The molecule has 3 rings (SSSR count). The van der Waals surface area contributed by atoms with E-state index < -0.39 is 46.8 Å². The van der Waals surface area contributed by atoms with Crippen LogP contribution >= 0.6 is 0 Å². The van der Waals surface area contributed by atoms with Gasteiger partial charge in [-0.1, -0.05) is 12.1 Å². The van der Waals surface area contributed by atoms with Crippen LogP contribution in [0.1, 0.15) is 25.8 Å². The third-order valence-corrected chi connectivity index (χ3v) is 6.13. The number of amides is 4. The summed E-state index contributed by atoms with van der Waals surface area (Å²) in [7, 11) is 0. The molecule has 0 unspecified atom stereocenters. The number of carbonyl (C=O) groups excluding carboxylic acids is 6. The molecule has 43 heavy (non-hydrogen) atoms. The monoisotopic (exact) mass is 595 g/mol. The lowest BCUT2D eigenvalue weighted by molar-refractivity contribution is -0.384. The van der Waals surface area contributed by atoms with Crippen molar-refractivity contribution in [3.63, 3.8) is 0 Å². The molecular formula is C28H29N5O10. The highest BCUT2D eigenvalue weighted by Crippen LogP contribution is 2.18. The van der Waals surface area contributed by atoms with Gasteiger partial charge in [-0.2, -0.15) is 0 Å². The summed E-state index contributed by atoms with van der Waals surface area (Å²) in [6, 6.07) is 9.72. The lowest BCUT2D eigenvalue weighted by Gasteiger charge is -2.18. The summed E-state index contributed by atoms with van der Waals surface area (Å²) in [6.07, 6.45) is 1.09. The summed E-state index contributed by atoms with van der Waals surface area (Å²) in [6.45, 7) is 2.62. The minimum atomic E-state index is -0.998. The topological polar surface area (TPSA) is 203 Å². The zero-order valence-electron chi connectivity index (χ0n) is 23.2. The van der Waals surface area contributed by atoms with E-state index in [0.717, 1.165) is 17.1 Å². The molecule has 4 amide bonds. The third-order valence-electron chi connectivity index (χ3n) is 6.13. The molecule has 0 radical (unpaired) electrons. The van der Waals surface area contributed by atoms with E-state index in [1.807, 2.05) is 0 Å². The van der Waals surface area contributed by atoms with E-state index in [1.54, 1.807) is 31.2 Å². The molecule has 0 bridgehead atoms. The first kappa shape index (κ1) is 32.1. The van der Waals surface area contributed by atoms with Crippen LogP contribution in [-0.4, -0.2) is 70.6 Å². The Labute approximate surface area is 245 Å². The van der Waals surface area contributed by atoms with E-state index in [0.29, 0.717) is 11.3 Å². The van der Waals surface area contributed by atoms with Crippen molar-refractivity contribution in [2.75, 3.05) is 18.4 Å². The normalized spacial score (nSPS) is 13.7. The second-order valence-corrected chi connectivity index (χ2v) is 9.35. The van der Waals surface area contributed by atoms with Gasteiger partial charge in [0.1, 0.15) is 12.4 Å². The van der Waals surface area contributed by atoms with Crippen molar-refractivity contribution in [1.29, 1.82) is 0 Å². The molecular weight excluding hydrogens is 566 g/mol. The second-order valence-electron chi connectivity index (χ2n) is 9.35. The highest BCUT2D eigenvalue weighted by atomic mass is 16.7. The smallest absolute Gasteiger partial charge is 0.429 e. The standard InChI is InChI=1S/C28H29N5O10/c1-17(30-24(35)13-14-32-25(36)11-12-26(32)37)23(34)15-29-18(2)27(38)31-20-5-3-19(4-6-20)16-42-28(39)43-22-9-7-21(8-10-22)33(40)41/h3-12,17-18,29H,13-16H2,1-2H3,(H,30,35)(H,31,38)/t17-,18-/m0/s1. The maximum atomic E-state index is 12.5. The van der Waals surface area contributed by atoms with E-state index in [4.69, 9.17) is 9.47 Å². The number of hydrogen-bond donors (Lipinski definition) is 3. The summed E-state index contributed by atoms with van der Waals surface area (Å²) in [5, 5.41) is 18.7. The number of anilines is 1. The molecule has 0 fully saturated rings. The van der Waals surface area contributed by atoms with Crippen molar-refractivity contribution in [3.05, 3.63) is 76.4 Å². The zero-order valence-corrected chi connectivity index (χ0v) is 23.2. The predicted molar refractivity (Wildman–Crippen MR) is 150 cm³/mol. The Hall–Kier alpha value is -5.44. The first-order valence-corrected chi connectivity index (χ1v) is 13.0. The van der Waals surface area contributed by atoms with Crippen LogP contribution < -0.4 is 20.7 Å². The number of Topliss-reactive ketones (excluding diaryl/α,β-unsaturated/α-hetero) is 1. The second kappa shape index (κ2) is 15.0. The van der Waals surface area contributed by atoms with Gasteiger partial charge in [0.15, 0.2) is 5.78 Å². The molecule has 2 aromatic carbocycles. The van der Waals surface area contributed by atoms with Gasteiger partial charge >= 0.3 is 6.16 Å². The van der Waals surface area contributed by atoms with Gasteiger partial charge in [0.25, 0.3) is 17.5 Å². The lowest BCUT2D eigenvalue weighted by atomic mass is 10.2. The van der Waals surface area contributed by atoms with Crippen molar-refractivity contribution in [2.24, 2.45) is 0 Å². The fraction of sp³-hybridized carbons (Fsp3) is 0.286. The Kier molecular flexibility index (Phi) is 11.2. The SMILES string of the molecule is C[C@H](NC(=O)CCN1C(=O)C=CC1=O)C(=O)CN[C@@H](C)C(=O)Nc1ccc(COC(=O)Oc2ccc([N+](=O)[O-])cc2)cc1. The molecule has 0 aliphatic carbocycles. The Morgan fingerprint density at radius 1 is 0.930 bits per heavy atom. The Morgan fingerprint density at radius 3 is 2.16 bits per heavy atom. The van der Waals surface area contributed by atoms with Gasteiger partial charge < -0.3 is 20.1 Å². The van der Waals surface area contributed by atoms with Gasteiger partial charge in [-0.05, 0) is 43.7 Å². The summed E-state index contributed by atoms with van der Waals surface area (Å²) < 4.78 is 10.00. The molecule has 1 aliphatic heterocycles. The van der Waals surface area contributed by atoms with Gasteiger partial charge in [0, 0.05) is 42.9 Å². The summed E-state index contributed by atoms with van der Waals surface area (Å²) in [4.78, 5) is 83.0. The van der Waals surface area contributed by atoms with E-state index in [1.165, 1.54) is 31.2 Å². The van der Waals surface area contributed by atoms with Crippen molar-refractivity contribution in [3.8, 4) is 5.75 Å². The molecule has 0 saturated heterocycles. The van der Waals surface area contributed by atoms with Crippen LogP contribution in [0.5, 0.6) is 5.75 Å². The number of nitrogens with one attached hydrogen (secondary N) is 3. The van der Waals surface area contributed by atoms with E-state index in [9.17, 15) is 38.9 Å². The Bertz CT molecular complexity index is 1400. The number of nitro groups is 1. The number of nitro benzene ring substituents is 1. The fourth-order valence-corrected chi connectivity index (χ4v) is 3.60. The Morgan fingerprint density at radius 2 is 1.56 bits per heavy atom. The number of hydrogen-bond acceptors (Lipinski definition) is 11. The van der Waals surface area contributed by atoms with Gasteiger partial charge in [-0.25, -0.2) is 4.79 Å². The zero-order chi connectivity index (χ0) is 31.5. The van der Waals surface area contributed by atoms with Crippen molar-refractivity contribution in [1.82, 2.24) is 15.5 Å². The Balaban J connectivity index is 1.35. The molecule has 2 aromatic rings. The van der Waals surface area contributed by atoms with E-state index in [-0.39, 0.29) is 43.3 Å². The first-order valence-electron chi connectivity index (χ1n) is 13.0. The molecule has 2 atom stereocenters. The predicted octanol–water partition coefficient (Wildman–Crippen LogP) is 1.62. The van der Waals surface area contributed by atoms with Crippen molar-refractivity contribution < 1.29 is 43.2 Å². The van der Waals surface area contributed by atoms with Crippen LogP contribution in [0, 0.1) is 10.1 Å². The molecule has 0 saturated carbocycles. The number of ketones is 1. The molecule has 3 N–H and O–H groups in total. The fourth-order valence-electron chi connectivity index (χ4n) is 3.60. The first-order chi connectivity index (χ1) is 20.4. The van der Waals surface area contributed by atoms with Gasteiger partial charge in [0.05, 0.1) is 23.6 Å². The largest absolute Gasteiger partial charge is 0.514 e. The highest BCUT2D eigenvalue weighted by Gasteiger charge is 2.24. The van der Waals surface area contributed by atoms with Crippen LogP contribution in [0.25, 0.3) is 0 Å². The van der Waals surface area contributed by atoms with Gasteiger partial charge in [0.2, 0.25) is 11.8 Å². The quantitative estimate of drug-likeness (QED) is 0.0941. The maximum absolute atomic E-state index is 12.5. The molecule has 1 aliphatic rings. The number of imide groups is 1. The van der Waals surface area contributed by atoms with Gasteiger partial charge in [-0.3, -0.25) is 44.3 Å². The number of ether oxygens (including phenoxy) is 2. The number of non-ortho nitro benzene ring substituents is 1. The minimum Gasteiger partial charge on any atom is -0.429 e. The highest BCUT2D eigenvalue weighted by molar-refractivity contribution is 6.13. The summed E-state index contributed by atoms with van der Waals surface area (Å²) >= 11 is 0. The summed E-state index contributed by atoms with van der Waals surface area (Å²) in [5.41, 5.74) is 0.903. The molecule has 1 heterocycles. The number of carbonyl (C=O) groups is 6. The molecule has 226 valence electrons. The van der Waals surface area contributed by atoms with Crippen LogP contribution in [0.3, 0.4) is 0 Å². The minimum absolute atomic E-state index is 0.0839. The molecule has 0 spiro atoms. The van der Waals surface area contributed by atoms with E-state index >= 15 is 0 Å². The van der Waals surface area contributed by atoms with E-state index in [2.05, 4.69) is 16.0 Å². The average Bonchev–Trinajstić information content (AvgIpc) is 3.30. The van der Waals surface area contributed by atoms with Crippen LogP contribution in [-0.2, 0) is 35.3 Å². The number of rotatable bonds is 14. The number of benzene rings is 2. The van der Waals surface area contributed by atoms with Gasteiger partial charge in [-0.15, -0.1) is 0 Å². The maximum Gasteiger partial charge on any atom is 0.514 e. The van der Waals surface area contributed by atoms with Crippen LogP contribution in [0.2, 0.25) is 0 Å². The average molecular weight is 596 g/mol. The molecule has 15 heteroatoms. The van der Waals surface area contributed by atoms with Crippen LogP contribution in [0.4, 0.5) is 16.2 Å². The van der Waals surface area contributed by atoms with Crippen molar-refractivity contribution in [2.45, 2.75) is 39.0 Å². The lowest BCUT2D eigenvalue weighted by Crippen LogP contribution is -2.47. The molecule has 0 aromatic heterocycles. The van der Waals surface area contributed by atoms with Crippen molar-refractivity contribution >= 4 is 46.9 Å². The number of nitrogens with zero attached hydrogens (tertiary/aromatic N) is 2. The molecule has 15 nitrogen and oxygen atoms in total.